The van der Waals surface area contributed by atoms with E-state index in [1.807, 2.05) is 0 Å². The summed E-state index contributed by atoms with van der Waals surface area (Å²) in [6, 6.07) is 0. The molecule has 0 aliphatic rings. The fourth-order valence-electron chi connectivity index (χ4n) is 0.550. The van der Waals surface area contributed by atoms with Crippen LogP contribution in [0.15, 0.2) is 17.5 Å². The third-order valence-corrected chi connectivity index (χ3v) is 0.959. The molecule has 66 valence electrons. The number of guanidine groups is 1. The molecule has 0 aromatic carbocycles. The average Bonchev–Trinajstić information content (AvgIpc) is 2.35. The molecule has 1 rings (SSSR count). The van der Waals surface area contributed by atoms with Crippen LogP contribution < -0.4 is 11.5 Å². The summed E-state index contributed by atoms with van der Waals surface area (Å²) >= 11 is 0. The van der Waals surface area contributed by atoms with Crippen molar-refractivity contribution < 1.29 is 4.79 Å². The SMILES string of the molecule is Cl.NC(N)=NC(=O)c1cnc[nH]1. The third-order valence-electron chi connectivity index (χ3n) is 0.959. The number of rotatable bonds is 1. The highest BCUT2D eigenvalue weighted by Crippen LogP contribution is 1.92. The van der Waals surface area contributed by atoms with Gasteiger partial charge >= 0.3 is 0 Å². The number of carbonyl (C=O) groups is 1. The van der Waals surface area contributed by atoms with Crippen LogP contribution in [0.3, 0.4) is 0 Å². The summed E-state index contributed by atoms with van der Waals surface area (Å²) in [5, 5.41) is 0. The standard InChI is InChI=1S/C5H7N5O.ClH/c6-5(7)10-4(11)3-1-8-2-9-3;/h1-2H,(H,8,9)(H4,6,7,10,11);1H. The Bertz CT molecular complexity index is 276. The molecule has 0 spiro atoms. The van der Waals surface area contributed by atoms with Gasteiger partial charge in [0.25, 0.3) is 5.91 Å². The van der Waals surface area contributed by atoms with E-state index in [0.717, 1.165) is 0 Å². The van der Waals surface area contributed by atoms with Gasteiger partial charge in [-0.25, -0.2) is 4.98 Å². The van der Waals surface area contributed by atoms with Crippen LogP contribution >= 0.6 is 12.4 Å². The van der Waals surface area contributed by atoms with Crippen LogP contribution in [0.2, 0.25) is 0 Å². The normalized spacial score (nSPS) is 8.33. The number of amides is 1. The van der Waals surface area contributed by atoms with Crippen molar-refractivity contribution in [1.82, 2.24) is 9.97 Å². The summed E-state index contributed by atoms with van der Waals surface area (Å²) in [5.74, 6) is -0.785. The van der Waals surface area contributed by atoms with E-state index in [-0.39, 0.29) is 24.1 Å². The minimum absolute atomic E-state index is 0. The quantitative estimate of drug-likeness (QED) is 0.399. The predicted molar refractivity (Wildman–Crippen MR) is 46.0 cm³/mol. The van der Waals surface area contributed by atoms with E-state index >= 15 is 0 Å². The zero-order valence-corrected chi connectivity index (χ0v) is 6.84. The first kappa shape index (κ1) is 10.4. The maximum atomic E-state index is 10.9. The molecule has 0 radical (unpaired) electrons. The van der Waals surface area contributed by atoms with Gasteiger partial charge in [0.1, 0.15) is 5.69 Å². The lowest BCUT2D eigenvalue weighted by atomic mass is 10.5. The first-order chi connectivity index (χ1) is 5.20. The molecule has 1 aromatic heterocycles. The number of imidazole rings is 1. The van der Waals surface area contributed by atoms with E-state index in [1.165, 1.54) is 12.5 Å². The van der Waals surface area contributed by atoms with E-state index in [4.69, 9.17) is 11.5 Å². The van der Waals surface area contributed by atoms with Crippen molar-refractivity contribution in [2.24, 2.45) is 16.5 Å². The van der Waals surface area contributed by atoms with Crippen LogP contribution in [-0.2, 0) is 0 Å². The van der Waals surface area contributed by atoms with Crippen LogP contribution in [0.1, 0.15) is 10.5 Å². The van der Waals surface area contributed by atoms with E-state index in [1.54, 1.807) is 0 Å². The van der Waals surface area contributed by atoms with Gasteiger partial charge in [0.2, 0.25) is 0 Å². The van der Waals surface area contributed by atoms with Crippen LogP contribution in [-0.4, -0.2) is 21.8 Å². The fraction of sp³-hybridized carbons (Fsp3) is 0. The van der Waals surface area contributed by atoms with Crippen LogP contribution in [0.5, 0.6) is 0 Å². The summed E-state index contributed by atoms with van der Waals surface area (Å²) in [4.78, 5) is 20.4. The smallest absolute Gasteiger partial charge is 0.298 e. The van der Waals surface area contributed by atoms with Gasteiger partial charge in [-0.05, 0) is 0 Å². The fourth-order valence-corrected chi connectivity index (χ4v) is 0.550. The van der Waals surface area contributed by atoms with Crippen LogP contribution in [0.25, 0.3) is 0 Å². The molecule has 0 saturated carbocycles. The number of aromatic nitrogens is 2. The average molecular weight is 190 g/mol. The molecule has 0 fully saturated rings. The van der Waals surface area contributed by atoms with E-state index in [2.05, 4.69) is 15.0 Å². The Hall–Kier alpha value is -1.56. The maximum absolute atomic E-state index is 10.9. The molecule has 5 N–H and O–H groups in total. The molecule has 0 saturated heterocycles. The Kier molecular flexibility index (Phi) is 3.78. The lowest BCUT2D eigenvalue weighted by Gasteiger charge is -1.88. The number of hydrogen-bond donors (Lipinski definition) is 3. The number of aromatic amines is 1. The van der Waals surface area contributed by atoms with Crippen molar-refractivity contribution in [3.05, 3.63) is 18.2 Å². The van der Waals surface area contributed by atoms with Crippen molar-refractivity contribution in [2.45, 2.75) is 0 Å². The van der Waals surface area contributed by atoms with Crippen molar-refractivity contribution in [2.75, 3.05) is 0 Å². The van der Waals surface area contributed by atoms with Gasteiger partial charge in [0.15, 0.2) is 5.96 Å². The molecular weight excluding hydrogens is 182 g/mol. The first-order valence-corrected chi connectivity index (χ1v) is 2.82. The van der Waals surface area contributed by atoms with E-state index < -0.39 is 5.91 Å². The summed E-state index contributed by atoms with van der Waals surface area (Å²) < 4.78 is 0. The van der Waals surface area contributed by atoms with Crippen molar-refractivity contribution >= 4 is 24.3 Å². The van der Waals surface area contributed by atoms with Crippen LogP contribution in [0, 0.1) is 0 Å². The highest BCUT2D eigenvalue weighted by Gasteiger charge is 2.03. The minimum Gasteiger partial charge on any atom is -0.370 e. The molecule has 1 amide bonds. The maximum Gasteiger partial charge on any atom is 0.298 e. The number of hydrogen-bond acceptors (Lipinski definition) is 2. The molecule has 1 heterocycles. The molecule has 0 aliphatic carbocycles. The zero-order chi connectivity index (χ0) is 8.27. The van der Waals surface area contributed by atoms with Gasteiger partial charge in [-0.2, -0.15) is 4.99 Å². The van der Waals surface area contributed by atoms with Gasteiger partial charge in [0, 0.05) is 0 Å². The number of carbonyl (C=O) groups excluding carboxylic acids is 1. The summed E-state index contributed by atoms with van der Waals surface area (Å²) in [5.41, 5.74) is 10.2. The van der Waals surface area contributed by atoms with Gasteiger partial charge in [-0.15, -0.1) is 12.4 Å². The number of nitrogens with one attached hydrogen (secondary N) is 1. The summed E-state index contributed by atoms with van der Waals surface area (Å²) in [7, 11) is 0. The van der Waals surface area contributed by atoms with Crippen molar-refractivity contribution in [3.8, 4) is 0 Å². The van der Waals surface area contributed by atoms with Gasteiger partial charge in [-0.3, -0.25) is 4.79 Å². The van der Waals surface area contributed by atoms with Gasteiger partial charge in [-0.1, -0.05) is 0 Å². The third kappa shape index (κ3) is 2.59. The number of H-pyrrole nitrogens is 1. The Morgan fingerprint density at radius 1 is 1.58 bits per heavy atom. The Balaban J connectivity index is 0.00000121. The lowest BCUT2D eigenvalue weighted by Crippen LogP contribution is -2.24. The van der Waals surface area contributed by atoms with Crippen molar-refractivity contribution in [1.29, 1.82) is 0 Å². The highest BCUT2D eigenvalue weighted by molar-refractivity contribution is 6.00. The zero-order valence-electron chi connectivity index (χ0n) is 6.02. The molecular formula is C5H8ClN5O. The first-order valence-electron chi connectivity index (χ1n) is 2.82. The van der Waals surface area contributed by atoms with E-state index in [0.29, 0.717) is 0 Å². The van der Waals surface area contributed by atoms with Crippen LogP contribution in [0.4, 0.5) is 0 Å². The Labute approximate surface area is 74.5 Å². The highest BCUT2D eigenvalue weighted by atomic mass is 35.5. The number of nitrogens with two attached hydrogens (primary N) is 2. The molecule has 0 unspecified atom stereocenters. The largest absolute Gasteiger partial charge is 0.370 e. The monoisotopic (exact) mass is 189 g/mol. The lowest BCUT2D eigenvalue weighted by molar-refractivity contribution is 0.0998. The molecule has 12 heavy (non-hydrogen) atoms. The second-order valence-corrected chi connectivity index (χ2v) is 1.81. The predicted octanol–water partition coefficient (Wildman–Crippen LogP) is -0.755. The molecule has 0 atom stereocenters. The number of halogens is 1. The summed E-state index contributed by atoms with van der Waals surface area (Å²) in [6.07, 6.45) is 2.71. The molecule has 0 aliphatic heterocycles. The Morgan fingerprint density at radius 2 is 2.25 bits per heavy atom. The Morgan fingerprint density at radius 3 is 2.67 bits per heavy atom. The van der Waals surface area contributed by atoms with E-state index in [9.17, 15) is 4.79 Å². The van der Waals surface area contributed by atoms with Crippen molar-refractivity contribution in [3.63, 3.8) is 0 Å². The second kappa shape index (κ2) is 4.35. The molecule has 7 heteroatoms. The number of aliphatic imine (C=N–C) groups is 1. The summed E-state index contributed by atoms with van der Waals surface area (Å²) in [6.45, 7) is 0. The molecule has 0 bridgehead atoms. The van der Waals surface area contributed by atoms with Gasteiger partial charge in [0.05, 0.1) is 12.5 Å². The topological polar surface area (TPSA) is 110 Å². The van der Waals surface area contributed by atoms with Gasteiger partial charge < -0.3 is 16.5 Å². The minimum atomic E-state index is -0.525. The second-order valence-electron chi connectivity index (χ2n) is 1.81. The number of nitrogens with zero attached hydrogens (tertiary/aromatic N) is 2. The molecule has 6 nitrogen and oxygen atoms in total. The molecule has 1 aromatic rings.